The number of likely N-dealkylation sites (tertiary alicyclic amines) is 1. The zero-order chi connectivity index (χ0) is 9.19. The van der Waals surface area contributed by atoms with Crippen molar-refractivity contribution in [2.75, 3.05) is 19.6 Å². The third kappa shape index (κ3) is 3.40. The molecule has 0 aromatic heterocycles. The van der Waals surface area contributed by atoms with Gasteiger partial charge in [-0.05, 0) is 13.0 Å². The normalized spacial score (nSPS) is 21.0. The molecule has 72 valence electrons. The van der Waals surface area contributed by atoms with Crippen molar-refractivity contribution in [3.8, 4) is 0 Å². The number of hydrogen-bond acceptors (Lipinski definition) is 2. The van der Waals surface area contributed by atoms with E-state index in [1.54, 1.807) is 0 Å². The summed E-state index contributed by atoms with van der Waals surface area (Å²) in [5, 5.41) is 8.81. The number of aliphatic hydroxyl groups excluding tert-OH is 1. The molecule has 1 N–H and O–H groups in total. The fourth-order valence-corrected chi connectivity index (χ4v) is 1.23. The number of rotatable bonds is 3. The topological polar surface area (TPSA) is 23.5 Å². The van der Waals surface area contributed by atoms with Crippen LogP contribution in [0.1, 0.15) is 12.8 Å². The van der Waals surface area contributed by atoms with E-state index in [0.29, 0.717) is 19.6 Å². The fraction of sp³-hybridized carbons (Fsp3) is 1.00. The molecule has 0 aromatic carbocycles. The standard InChI is InChI=1S/C7H12F3NO/c8-7(9,10)2-1-3-11-4-6(12)5-11/h6,12H,1-5H2. The Kier molecular flexibility index (Phi) is 2.95. The zero-order valence-electron chi connectivity index (χ0n) is 6.64. The van der Waals surface area contributed by atoms with Crippen LogP contribution in [0.25, 0.3) is 0 Å². The van der Waals surface area contributed by atoms with E-state index >= 15 is 0 Å². The lowest BCUT2D eigenvalue weighted by Crippen LogP contribution is -2.50. The molecule has 0 spiro atoms. The predicted molar refractivity (Wildman–Crippen MR) is 37.7 cm³/mol. The smallest absolute Gasteiger partial charge is 0.389 e. The third-order valence-corrected chi connectivity index (χ3v) is 1.87. The molecule has 0 saturated carbocycles. The molecular weight excluding hydrogens is 171 g/mol. The van der Waals surface area contributed by atoms with Crippen molar-refractivity contribution >= 4 is 0 Å². The molecule has 1 rings (SSSR count). The van der Waals surface area contributed by atoms with Crippen LogP contribution in [0.5, 0.6) is 0 Å². The van der Waals surface area contributed by atoms with Gasteiger partial charge >= 0.3 is 6.18 Å². The summed E-state index contributed by atoms with van der Waals surface area (Å²) in [7, 11) is 0. The number of hydrogen-bond donors (Lipinski definition) is 1. The second-order valence-corrected chi connectivity index (χ2v) is 3.13. The largest absolute Gasteiger partial charge is 0.390 e. The first kappa shape index (κ1) is 9.80. The summed E-state index contributed by atoms with van der Waals surface area (Å²) in [4.78, 5) is 1.82. The highest BCUT2D eigenvalue weighted by atomic mass is 19.4. The highest BCUT2D eigenvalue weighted by Crippen LogP contribution is 2.22. The second kappa shape index (κ2) is 3.62. The van der Waals surface area contributed by atoms with Crippen LogP contribution < -0.4 is 0 Å². The Morgan fingerprint density at radius 3 is 2.33 bits per heavy atom. The molecule has 1 aliphatic heterocycles. The van der Waals surface area contributed by atoms with Gasteiger partial charge in [0.15, 0.2) is 0 Å². The molecule has 0 aliphatic carbocycles. The van der Waals surface area contributed by atoms with Gasteiger partial charge in [0, 0.05) is 19.5 Å². The van der Waals surface area contributed by atoms with Crippen molar-refractivity contribution in [2.24, 2.45) is 0 Å². The lowest BCUT2D eigenvalue weighted by Gasteiger charge is -2.35. The van der Waals surface area contributed by atoms with Gasteiger partial charge in [0.25, 0.3) is 0 Å². The Hall–Kier alpha value is -0.290. The maximum atomic E-state index is 11.6. The van der Waals surface area contributed by atoms with Gasteiger partial charge in [-0.15, -0.1) is 0 Å². The average Bonchev–Trinajstić information content (AvgIpc) is 1.81. The minimum Gasteiger partial charge on any atom is -0.390 e. The minimum atomic E-state index is -4.04. The SMILES string of the molecule is OC1CN(CCCC(F)(F)F)C1. The maximum Gasteiger partial charge on any atom is 0.389 e. The molecule has 1 saturated heterocycles. The third-order valence-electron chi connectivity index (χ3n) is 1.87. The van der Waals surface area contributed by atoms with E-state index < -0.39 is 12.6 Å². The van der Waals surface area contributed by atoms with Gasteiger partial charge in [0.2, 0.25) is 0 Å². The van der Waals surface area contributed by atoms with Crippen molar-refractivity contribution in [3.63, 3.8) is 0 Å². The summed E-state index contributed by atoms with van der Waals surface area (Å²) in [6, 6.07) is 0. The van der Waals surface area contributed by atoms with E-state index in [1.165, 1.54) is 0 Å². The van der Waals surface area contributed by atoms with Crippen molar-refractivity contribution in [2.45, 2.75) is 25.1 Å². The molecule has 0 unspecified atom stereocenters. The van der Waals surface area contributed by atoms with Gasteiger partial charge in [-0.25, -0.2) is 0 Å². The molecule has 5 heteroatoms. The first-order chi connectivity index (χ1) is 5.47. The van der Waals surface area contributed by atoms with E-state index in [2.05, 4.69) is 0 Å². The molecule has 0 bridgehead atoms. The molecule has 0 atom stereocenters. The molecule has 12 heavy (non-hydrogen) atoms. The molecule has 0 radical (unpaired) electrons. The second-order valence-electron chi connectivity index (χ2n) is 3.13. The van der Waals surface area contributed by atoms with Gasteiger partial charge in [-0.3, -0.25) is 4.90 Å². The first-order valence-corrected chi connectivity index (χ1v) is 3.94. The maximum absolute atomic E-state index is 11.6. The van der Waals surface area contributed by atoms with Crippen LogP contribution in [-0.4, -0.2) is 41.9 Å². The van der Waals surface area contributed by atoms with Gasteiger partial charge in [-0.2, -0.15) is 13.2 Å². The summed E-state index contributed by atoms with van der Waals surface area (Å²) in [5.41, 5.74) is 0. The van der Waals surface area contributed by atoms with Crippen LogP contribution in [0.3, 0.4) is 0 Å². The van der Waals surface area contributed by atoms with Crippen LogP contribution in [0.15, 0.2) is 0 Å². The minimum absolute atomic E-state index is 0.135. The summed E-state index contributed by atoms with van der Waals surface area (Å²) < 4.78 is 34.9. The van der Waals surface area contributed by atoms with Gasteiger partial charge in [0.05, 0.1) is 6.10 Å². The quantitative estimate of drug-likeness (QED) is 0.705. The first-order valence-electron chi connectivity index (χ1n) is 3.94. The number of nitrogens with zero attached hydrogens (tertiary/aromatic N) is 1. The van der Waals surface area contributed by atoms with Crippen molar-refractivity contribution in [1.29, 1.82) is 0 Å². The number of β-amino-alcohol motifs (C(OH)–C–C–N with tert-alkyl or cyclic N) is 1. The summed E-state index contributed by atoms with van der Waals surface area (Å²) >= 11 is 0. The van der Waals surface area contributed by atoms with Crippen LogP contribution in [0.4, 0.5) is 13.2 Å². The highest BCUT2D eigenvalue weighted by Gasteiger charge is 2.28. The van der Waals surface area contributed by atoms with E-state index in [4.69, 9.17) is 5.11 Å². The number of halogens is 3. The lowest BCUT2D eigenvalue weighted by molar-refractivity contribution is -0.137. The molecule has 2 nitrogen and oxygen atoms in total. The van der Waals surface area contributed by atoms with E-state index in [0.717, 1.165) is 0 Å². The fourth-order valence-electron chi connectivity index (χ4n) is 1.23. The number of aliphatic hydroxyl groups is 1. The van der Waals surface area contributed by atoms with Crippen LogP contribution >= 0.6 is 0 Å². The lowest BCUT2D eigenvalue weighted by atomic mass is 10.1. The van der Waals surface area contributed by atoms with E-state index in [9.17, 15) is 13.2 Å². The monoisotopic (exact) mass is 183 g/mol. The molecular formula is C7H12F3NO. The number of alkyl halides is 3. The predicted octanol–water partition coefficient (Wildman–Crippen LogP) is 1.01. The highest BCUT2D eigenvalue weighted by molar-refractivity contribution is 4.78. The summed E-state index contributed by atoms with van der Waals surface area (Å²) in [6.45, 7) is 1.49. The van der Waals surface area contributed by atoms with Gasteiger partial charge in [-0.1, -0.05) is 0 Å². The molecule has 1 heterocycles. The molecule has 0 aromatic rings. The summed E-state index contributed by atoms with van der Waals surface area (Å²) in [5.74, 6) is 0. The van der Waals surface area contributed by atoms with Gasteiger partial charge < -0.3 is 5.11 Å². The Balaban J connectivity index is 1.97. The Morgan fingerprint density at radius 2 is 1.92 bits per heavy atom. The molecule has 1 fully saturated rings. The van der Waals surface area contributed by atoms with Crippen LogP contribution in [0.2, 0.25) is 0 Å². The van der Waals surface area contributed by atoms with Crippen molar-refractivity contribution < 1.29 is 18.3 Å². The average molecular weight is 183 g/mol. The molecule has 0 amide bonds. The zero-order valence-corrected chi connectivity index (χ0v) is 6.64. The van der Waals surface area contributed by atoms with Crippen LogP contribution in [-0.2, 0) is 0 Å². The van der Waals surface area contributed by atoms with E-state index in [-0.39, 0.29) is 12.5 Å². The Bertz CT molecular complexity index is 142. The van der Waals surface area contributed by atoms with Gasteiger partial charge in [0.1, 0.15) is 0 Å². The summed E-state index contributed by atoms with van der Waals surface area (Å²) in [6.07, 6.45) is -4.95. The Morgan fingerprint density at radius 1 is 1.33 bits per heavy atom. The van der Waals surface area contributed by atoms with Crippen LogP contribution in [0, 0.1) is 0 Å². The van der Waals surface area contributed by atoms with Crippen molar-refractivity contribution in [3.05, 3.63) is 0 Å². The van der Waals surface area contributed by atoms with E-state index in [1.807, 2.05) is 4.90 Å². The Labute approximate surface area is 69.0 Å². The van der Waals surface area contributed by atoms with Crippen molar-refractivity contribution in [1.82, 2.24) is 4.90 Å². The molecule has 1 aliphatic rings.